The zero-order valence-corrected chi connectivity index (χ0v) is 10.3. The van der Waals surface area contributed by atoms with E-state index in [2.05, 4.69) is 0 Å². The summed E-state index contributed by atoms with van der Waals surface area (Å²) in [6, 6.07) is 0.0712. The third-order valence-corrected chi connectivity index (χ3v) is 3.54. The average molecular weight is 231 g/mol. The predicted octanol–water partition coefficient (Wildman–Crippen LogP) is 1.50. The maximum absolute atomic E-state index is 11.9. The lowest BCUT2D eigenvalue weighted by Crippen LogP contribution is -2.42. The molecule has 0 aromatic rings. The highest BCUT2D eigenvalue weighted by Gasteiger charge is 2.23. The van der Waals surface area contributed by atoms with Crippen molar-refractivity contribution in [1.82, 2.24) is 4.90 Å². The van der Waals surface area contributed by atoms with Gasteiger partial charge in [-0.3, -0.25) is 4.79 Å². The lowest BCUT2D eigenvalue weighted by molar-refractivity contribution is -0.133. The van der Waals surface area contributed by atoms with Crippen LogP contribution in [-0.4, -0.2) is 47.1 Å². The number of carbonyl (C=O) groups is 1. The third-order valence-electron chi connectivity index (χ3n) is 2.93. The summed E-state index contributed by atoms with van der Waals surface area (Å²) in [6.45, 7) is 0.948. The highest BCUT2D eigenvalue weighted by atomic mass is 32.2. The van der Waals surface area contributed by atoms with Gasteiger partial charge in [-0.15, -0.1) is 0 Å². The van der Waals surface area contributed by atoms with Crippen LogP contribution in [0.3, 0.4) is 0 Å². The summed E-state index contributed by atoms with van der Waals surface area (Å²) >= 11 is 1.70. The molecule has 1 amide bonds. The van der Waals surface area contributed by atoms with Crippen LogP contribution >= 0.6 is 11.8 Å². The number of aliphatic hydroxyl groups excluding tert-OH is 1. The first kappa shape index (κ1) is 12.8. The van der Waals surface area contributed by atoms with Gasteiger partial charge in [-0.2, -0.15) is 11.8 Å². The third kappa shape index (κ3) is 4.03. The first-order valence-corrected chi connectivity index (χ1v) is 7.08. The molecule has 1 rings (SSSR count). The molecule has 0 aliphatic carbocycles. The Bertz CT molecular complexity index is 199. The molecule has 1 atom stereocenters. The van der Waals surface area contributed by atoms with Crippen LogP contribution in [0.5, 0.6) is 0 Å². The molecule has 0 spiro atoms. The normalized spacial score (nSPS) is 22.5. The zero-order valence-electron chi connectivity index (χ0n) is 9.45. The minimum Gasteiger partial charge on any atom is -0.394 e. The molecule has 1 aliphatic rings. The Morgan fingerprint density at radius 2 is 2.27 bits per heavy atom. The highest BCUT2D eigenvalue weighted by molar-refractivity contribution is 7.98. The second-order valence-electron chi connectivity index (χ2n) is 4.02. The molecular formula is C11H21NO2S. The monoisotopic (exact) mass is 231 g/mol. The van der Waals surface area contributed by atoms with E-state index in [-0.39, 0.29) is 18.6 Å². The summed E-state index contributed by atoms with van der Waals surface area (Å²) in [4.78, 5) is 13.8. The molecule has 1 N–H and O–H groups in total. The largest absolute Gasteiger partial charge is 0.394 e. The van der Waals surface area contributed by atoms with E-state index in [1.165, 1.54) is 6.42 Å². The second-order valence-corrected chi connectivity index (χ2v) is 5.00. The van der Waals surface area contributed by atoms with Gasteiger partial charge >= 0.3 is 0 Å². The summed E-state index contributed by atoms with van der Waals surface area (Å²) in [6.07, 6.45) is 6.99. The van der Waals surface area contributed by atoms with E-state index < -0.39 is 0 Å². The Morgan fingerprint density at radius 3 is 2.93 bits per heavy atom. The number of aliphatic hydroxyl groups is 1. The van der Waals surface area contributed by atoms with Gasteiger partial charge in [0.05, 0.1) is 12.6 Å². The summed E-state index contributed by atoms with van der Waals surface area (Å²) in [5.41, 5.74) is 0. The molecule has 0 aromatic carbocycles. The van der Waals surface area contributed by atoms with Gasteiger partial charge in [0.15, 0.2) is 0 Å². The lowest BCUT2D eigenvalue weighted by Gasteiger charge is -2.28. The van der Waals surface area contributed by atoms with Crippen LogP contribution in [0.2, 0.25) is 0 Å². The van der Waals surface area contributed by atoms with Gasteiger partial charge in [-0.25, -0.2) is 0 Å². The minimum absolute atomic E-state index is 0.0712. The highest BCUT2D eigenvalue weighted by Crippen LogP contribution is 2.17. The van der Waals surface area contributed by atoms with Crippen LogP contribution < -0.4 is 0 Å². The molecule has 0 saturated carbocycles. The van der Waals surface area contributed by atoms with Crippen molar-refractivity contribution in [2.75, 3.05) is 25.2 Å². The smallest absolute Gasteiger partial charge is 0.223 e. The van der Waals surface area contributed by atoms with E-state index in [0.717, 1.165) is 31.6 Å². The second kappa shape index (κ2) is 7.12. The van der Waals surface area contributed by atoms with Crippen molar-refractivity contribution in [2.45, 2.75) is 38.1 Å². The number of likely N-dealkylation sites (tertiary alicyclic amines) is 1. The molecule has 0 radical (unpaired) electrons. The Kier molecular flexibility index (Phi) is 6.10. The number of thioether (sulfide) groups is 1. The van der Waals surface area contributed by atoms with Gasteiger partial charge in [0, 0.05) is 18.7 Å². The number of amides is 1. The fraction of sp³-hybridized carbons (Fsp3) is 0.909. The molecule has 4 heteroatoms. The predicted molar refractivity (Wildman–Crippen MR) is 64.1 cm³/mol. The first-order valence-electron chi connectivity index (χ1n) is 5.69. The van der Waals surface area contributed by atoms with Crippen LogP contribution in [0.25, 0.3) is 0 Å². The molecule has 1 heterocycles. The Labute approximate surface area is 96.2 Å². The molecule has 1 fully saturated rings. The molecule has 1 saturated heterocycles. The first-order chi connectivity index (χ1) is 7.29. The molecule has 0 bridgehead atoms. The van der Waals surface area contributed by atoms with Crippen LogP contribution in [0.4, 0.5) is 0 Å². The van der Waals surface area contributed by atoms with Crippen LogP contribution in [0, 0.1) is 0 Å². The van der Waals surface area contributed by atoms with Crippen molar-refractivity contribution in [1.29, 1.82) is 0 Å². The number of hydrogen-bond acceptors (Lipinski definition) is 3. The quantitative estimate of drug-likeness (QED) is 0.797. The number of rotatable bonds is 4. The molecule has 3 nitrogen and oxygen atoms in total. The molecule has 1 aliphatic heterocycles. The standard InChI is InChI=1S/C11H21NO2S/c1-15-8-6-11(14)12-7-4-2-3-5-10(12)9-13/h10,13H,2-9H2,1H3. The SMILES string of the molecule is CSCCC(=O)N1CCCCCC1CO. The summed E-state index contributed by atoms with van der Waals surface area (Å²) in [5.74, 6) is 1.10. The Hall–Kier alpha value is -0.220. The van der Waals surface area contributed by atoms with Crippen molar-refractivity contribution in [3.8, 4) is 0 Å². The fourth-order valence-electron chi connectivity index (χ4n) is 2.03. The number of carbonyl (C=O) groups excluding carboxylic acids is 1. The van der Waals surface area contributed by atoms with Crippen LogP contribution in [-0.2, 0) is 4.79 Å². The maximum atomic E-state index is 11.9. The summed E-state index contributed by atoms with van der Waals surface area (Å²) in [7, 11) is 0. The van der Waals surface area contributed by atoms with E-state index in [4.69, 9.17) is 0 Å². The van der Waals surface area contributed by atoms with Gasteiger partial charge in [-0.1, -0.05) is 12.8 Å². The Balaban J connectivity index is 2.49. The Morgan fingerprint density at radius 1 is 1.47 bits per heavy atom. The topological polar surface area (TPSA) is 40.5 Å². The molecule has 0 aromatic heterocycles. The fourth-order valence-corrected chi connectivity index (χ4v) is 2.41. The molecular weight excluding hydrogens is 210 g/mol. The molecule has 1 unspecified atom stereocenters. The van der Waals surface area contributed by atoms with Gasteiger partial charge < -0.3 is 10.0 Å². The van der Waals surface area contributed by atoms with Crippen molar-refractivity contribution < 1.29 is 9.90 Å². The van der Waals surface area contributed by atoms with Gasteiger partial charge in [0.1, 0.15) is 0 Å². The van der Waals surface area contributed by atoms with Crippen LogP contribution in [0.1, 0.15) is 32.1 Å². The molecule has 15 heavy (non-hydrogen) atoms. The summed E-state index contributed by atoms with van der Waals surface area (Å²) < 4.78 is 0. The summed E-state index contributed by atoms with van der Waals surface area (Å²) in [5, 5.41) is 9.26. The van der Waals surface area contributed by atoms with Crippen molar-refractivity contribution in [2.24, 2.45) is 0 Å². The van der Waals surface area contributed by atoms with Gasteiger partial charge in [0.2, 0.25) is 5.91 Å². The van der Waals surface area contributed by atoms with Crippen molar-refractivity contribution >= 4 is 17.7 Å². The maximum Gasteiger partial charge on any atom is 0.223 e. The molecule has 88 valence electrons. The zero-order chi connectivity index (χ0) is 11.1. The van der Waals surface area contributed by atoms with Crippen molar-refractivity contribution in [3.05, 3.63) is 0 Å². The van der Waals surface area contributed by atoms with Gasteiger partial charge in [0.25, 0.3) is 0 Å². The minimum atomic E-state index is 0.0712. The van der Waals surface area contributed by atoms with E-state index in [9.17, 15) is 9.90 Å². The van der Waals surface area contributed by atoms with E-state index >= 15 is 0 Å². The van der Waals surface area contributed by atoms with Crippen LogP contribution in [0.15, 0.2) is 0 Å². The van der Waals surface area contributed by atoms with Gasteiger partial charge in [-0.05, 0) is 19.1 Å². The van der Waals surface area contributed by atoms with E-state index in [1.54, 1.807) is 11.8 Å². The van der Waals surface area contributed by atoms with E-state index in [1.807, 2.05) is 11.2 Å². The van der Waals surface area contributed by atoms with E-state index in [0.29, 0.717) is 6.42 Å². The lowest BCUT2D eigenvalue weighted by atomic mass is 10.1. The number of hydrogen-bond donors (Lipinski definition) is 1. The number of nitrogens with zero attached hydrogens (tertiary/aromatic N) is 1. The van der Waals surface area contributed by atoms with Crippen molar-refractivity contribution in [3.63, 3.8) is 0 Å². The average Bonchev–Trinajstić information content (AvgIpc) is 2.50.